The van der Waals surface area contributed by atoms with Gasteiger partial charge in [-0.05, 0) is 53.6 Å². The monoisotopic (exact) mass is 671 g/mol. The predicted octanol–water partition coefficient (Wildman–Crippen LogP) is 4.19. The standard InChI is InChI=1S/C34H26N2O9S2/c37-34(38)27-7-3-2-6-26(27)33-28-15-11-23(35-19-21-9-13-25(14-10-21)46(39,40)41)17-30(28)45-31-18-24(12-16-29(31)33)36-20-22-5-1-4-8-32(22)47(42,43)44/h1-18,36H,19-20H2,(H,37,38)(H,39,40,41)(H,42,43,44)/p+1. The van der Waals surface area contributed by atoms with Crippen LogP contribution in [0.5, 0.6) is 0 Å². The highest BCUT2D eigenvalue weighted by molar-refractivity contribution is 7.86. The molecule has 0 bridgehead atoms. The number of benzene rings is 5. The van der Waals surface area contributed by atoms with E-state index in [9.17, 15) is 35.8 Å². The average Bonchev–Trinajstić information content (AvgIpc) is 3.04. The van der Waals surface area contributed by atoms with Gasteiger partial charge in [0.1, 0.15) is 11.3 Å². The third kappa shape index (κ3) is 6.78. The van der Waals surface area contributed by atoms with Gasteiger partial charge in [-0.15, -0.1) is 0 Å². The molecule has 4 aromatic rings. The maximum absolute atomic E-state index is 12.2. The third-order valence-corrected chi connectivity index (χ3v) is 9.42. The molecule has 1 aliphatic carbocycles. The summed E-state index contributed by atoms with van der Waals surface area (Å²) < 4.78 is 71.7. The highest BCUT2D eigenvalue weighted by atomic mass is 32.2. The smallest absolute Gasteiger partial charge is 0.336 e. The Balaban J connectivity index is 1.45. The van der Waals surface area contributed by atoms with Crippen LogP contribution in [-0.4, -0.2) is 37.0 Å². The van der Waals surface area contributed by atoms with Crippen molar-refractivity contribution in [2.75, 3.05) is 5.32 Å². The first-order valence-corrected chi connectivity index (χ1v) is 17.0. The predicted molar refractivity (Wildman–Crippen MR) is 173 cm³/mol. The van der Waals surface area contributed by atoms with Crippen LogP contribution in [0.1, 0.15) is 21.5 Å². The summed E-state index contributed by atoms with van der Waals surface area (Å²) in [6.45, 7) is 0.418. The van der Waals surface area contributed by atoms with Crippen LogP contribution in [-0.2, 0) is 33.3 Å². The van der Waals surface area contributed by atoms with Gasteiger partial charge in [0.2, 0.25) is 5.36 Å². The van der Waals surface area contributed by atoms with Gasteiger partial charge in [-0.25, -0.2) is 9.79 Å². The first-order chi connectivity index (χ1) is 22.4. The summed E-state index contributed by atoms with van der Waals surface area (Å²) in [6.07, 6.45) is 0. The van der Waals surface area contributed by atoms with E-state index < -0.39 is 26.2 Å². The fraction of sp³-hybridized carbons (Fsp3) is 0.0588. The Morgan fingerprint density at radius 3 is 2.21 bits per heavy atom. The van der Waals surface area contributed by atoms with Gasteiger partial charge in [-0.3, -0.25) is 9.11 Å². The van der Waals surface area contributed by atoms with Crippen molar-refractivity contribution in [1.82, 2.24) is 0 Å². The molecule has 0 atom stereocenters. The van der Waals surface area contributed by atoms with Gasteiger partial charge in [0.05, 0.1) is 21.4 Å². The van der Waals surface area contributed by atoms with Crippen LogP contribution in [0.4, 0.5) is 5.69 Å². The summed E-state index contributed by atoms with van der Waals surface area (Å²) in [5.41, 5.74) is 4.06. The Morgan fingerprint density at radius 1 is 0.766 bits per heavy atom. The lowest BCUT2D eigenvalue weighted by molar-refractivity contribution is -0.518. The molecule has 0 amide bonds. The SMILES string of the molecule is O=C(O)c1ccccc1-c1c2ccc(=[NH+]Cc3ccc(S(=O)(=O)O)cc3)cc-2oc2cc(NCc3ccccc3S(=O)(=O)O)ccc12. The Kier molecular flexibility index (Phi) is 8.38. The summed E-state index contributed by atoms with van der Waals surface area (Å²) in [5.74, 6) is -0.634. The number of aromatic carboxylic acids is 1. The van der Waals surface area contributed by atoms with Gasteiger partial charge in [0.15, 0.2) is 6.54 Å². The van der Waals surface area contributed by atoms with Gasteiger partial charge in [0, 0.05) is 46.4 Å². The molecule has 0 aromatic heterocycles. The number of carboxylic acids is 1. The maximum Gasteiger partial charge on any atom is 0.336 e. The summed E-state index contributed by atoms with van der Waals surface area (Å²) in [6, 6.07) is 29.3. The Morgan fingerprint density at radius 2 is 1.49 bits per heavy atom. The molecule has 238 valence electrons. The minimum atomic E-state index is -4.43. The molecule has 0 saturated heterocycles. The van der Waals surface area contributed by atoms with Crippen LogP contribution in [0.2, 0.25) is 0 Å². The normalized spacial score (nSPS) is 12.4. The van der Waals surface area contributed by atoms with Crippen LogP contribution >= 0.6 is 0 Å². The van der Waals surface area contributed by atoms with Crippen molar-refractivity contribution < 1.29 is 45.3 Å². The molecule has 0 fully saturated rings. The Bertz CT molecular complexity index is 2420. The molecule has 1 heterocycles. The van der Waals surface area contributed by atoms with Gasteiger partial charge in [0.25, 0.3) is 20.2 Å². The van der Waals surface area contributed by atoms with Gasteiger partial charge >= 0.3 is 5.97 Å². The van der Waals surface area contributed by atoms with E-state index in [0.29, 0.717) is 56.6 Å². The molecule has 5 N–H and O–H groups in total. The number of fused-ring (bicyclic) bond motifs is 2. The van der Waals surface area contributed by atoms with E-state index in [2.05, 4.69) is 10.3 Å². The maximum atomic E-state index is 12.2. The highest BCUT2D eigenvalue weighted by Crippen LogP contribution is 2.41. The van der Waals surface area contributed by atoms with Crippen molar-refractivity contribution in [1.29, 1.82) is 0 Å². The molecule has 1 aliphatic heterocycles. The molecule has 13 heteroatoms. The molecule has 6 rings (SSSR count). The lowest BCUT2D eigenvalue weighted by atomic mass is 9.90. The third-order valence-electron chi connectivity index (χ3n) is 7.60. The molecular formula is C34H27N2O9S2+. The van der Waals surface area contributed by atoms with E-state index in [1.165, 1.54) is 30.3 Å². The highest BCUT2D eigenvalue weighted by Gasteiger charge is 2.22. The lowest BCUT2D eigenvalue weighted by Crippen LogP contribution is -2.74. The first-order valence-electron chi connectivity index (χ1n) is 14.1. The molecule has 0 saturated carbocycles. The zero-order valence-corrected chi connectivity index (χ0v) is 26.0. The van der Waals surface area contributed by atoms with E-state index in [-0.39, 0.29) is 21.9 Å². The molecule has 0 spiro atoms. The quantitative estimate of drug-likeness (QED) is 0.110. The van der Waals surface area contributed by atoms with Crippen molar-refractivity contribution in [3.63, 3.8) is 0 Å². The van der Waals surface area contributed by atoms with Crippen molar-refractivity contribution in [3.8, 4) is 22.5 Å². The number of anilines is 1. The van der Waals surface area contributed by atoms with Gasteiger partial charge < -0.3 is 14.8 Å². The number of hydrogen-bond donors (Lipinski definition) is 5. The van der Waals surface area contributed by atoms with Crippen molar-refractivity contribution in [3.05, 3.63) is 131 Å². The number of carboxylic acid groups (broad SMARTS) is 1. The summed E-state index contributed by atoms with van der Waals surface area (Å²) in [5, 5.41) is 14.5. The second-order valence-electron chi connectivity index (χ2n) is 10.7. The number of nitrogens with one attached hydrogen (secondary N) is 2. The fourth-order valence-corrected chi connectivity index (χ4v) is 6.57. The first kappa shape index (κ1) is 31.6. The summed E-state index contributed by atoms with van der Waals surface area (Å²) >= 11 is 0. The molecule has 0 unspecified atom stereocenters. The Hall–Kier alpha value is -5.34. The minimum Gasteiger partial charge on any atom is -0.478 e. The summed E-state index contributed by atoms with van der Waals surface area (Å²) in [7, 11) is -8.73. The van der Waals surface area contributed by atoms with Crippen molar-refractivity contribution >= 4 is 42.9 Å². The van der Waals surface area contributed by atoms with E-state index in [0.717, 1.165) is 5.56 Å². The van der Waals surface area contributed by atoms with Crippen LogP contribution < -0.4 is 15.7 Å². The van der Waals surface area contributed by atoms with Crippen LogP contribution in [0.3, 0.4) is 0 Å². The second kappa shape index (κ2) is 12.5. The van der Waals surface area contributed by atoms with Gasteiger partial charge in [-0.1, -0.05) is 48.5 Å². The van der Waals surface area contributed by atoms with E-state index in [1.54, 1.807) is 66.7 Å². The number of rotatable bonds is 9. The molecule has 2 aliphatic rings. The number of carbonyl (C=O) groups is 1. The minimum absolute atomic E-state index is 0.0863. The zero-order valence-electron chi connectivity index (χ0n) is 24.4. The van der Waals surface area contributed by atoms with E-state index in [4.69, 9.17) is 4.42 Å². The zero-order chi connectivity index (χ0) is 33.3. The molecule has 47 heavy (non-hydrogen) atoms. The summed E-state index contributed by atoms with van der Waals surface area (Å²) in [4.78, 5) is 15.1. The average molecular weight is 672 g/mol. The van der Waals surface area contributed by atoms with E-state index >= 15 is 0 Å². The molecule has 0 radical (unpaired) electrons. The van der Waals surface area contributed by atoms with Crippen LogP contribution in [0, 0.1) is 0 Å². The van der Waals surface area contributed by atoms with Crippen molar-refractivity contribution in [2.45, 2.75) is 22.9 Å². The van der Waals surface area contributed by atoms with Crippen molar-refractivity contribution in [2.24, 2.45) is 0 Å². The topological polar surface area (TPSA) is 185 Å². The molecule has 4 aromatic carbocycles. The Labute approximate surface area is 269 Å². The lowest BCUT2D eigenvalue weighted by Gasteiger charge is -2.17. The second-order valence-corrected chi connectivity index (χ2v) is 13.5. The van der Waals surface area contributed by atoms with E-state index in [1.807, 2.05) is 12.1 Å². The van der Waals surface area contributed by atoms with Crippen LogP contribution in [0.15, 0.2) is 123 Å². The number of hydrogen-bond acceptors (Lipinski definition) is 7. The molecule has 11 nitrogen and oxygen atoms in total. The van der Waals surface area contributed by atoms with Crippen LogP contribution in [0.25, 0.3) is 33.4 Å². The van der Waals surface area contributed by atoms with Gasteiger partial charge in [-0.2, -0.15) is 16.8 Å². The molecular weight excluding hydrogens is 645 g/mol. The largest absolute Gasteiger partial charge is 0.478 e. The fourth-order valence-electron chi connectivity index (χ4n) is 5.37.